The van der Waals surface area contributed by atoms with Gasteiger partial charge < -0.3 is 11.1 Å². The van der Waals surface area contributed by atoms with Crippen molar-refractivity contribution in [2.75, 3.05) is 12.3 Å². The minimum absolute atomic E-state index is 0. The molecule has 0 saturated carbocycles. The predicted molar refractivity (Wildman–Crippen MR) is 107 cm³/mol. The Bertz CT molecular complexity index is 768. The van der Waals surface area contributed by atoms with Gasteiger partial charge in [-0.1, -0.05) is 60.7 Å². The maximum atomic E-state index is 12.1. The molecule has 5 nitrogen and oxygen atoms in total. The molecule has 0 heterocycles. The Morgan fingerprint density at radius 1 is 0.962 bits per heavy atom. The Morgan fingerprint density at radius 3 is 2.08 bits per heavy atom. The van der Waals surface area contributed by atoms with Gasteiger partial charge in [-0.05, 0) is 24.0 Å². The van der Waals surface area contributed by atoms with Crippen LogP contribution in [-0.2, 0) is 26.8 Å². The van der Waals surface area contributed by atoms with Gasteiger partial charge in [0, 0.05) is 6.54 Å². The molecule has 26 heavy (non-hydrogen) atoms. The number of rotatable bonds is 9. The van der Waals surface area contributed by atoms with Gasteiger partial charge in [-0.2, -0.15) is 0 Å². The summed E-state index contributed by atoms with van der Waals surface area (Å²) in [5, 5.41) is 2.71. The number of hydrogen-bond acceptors (Lipinski definition) is 4. The highest BCUT2D eigenvalue weighted by Crippen LogP contribution is 2.07. The van der Waals surface area contributed by atoms with Crippen LogP contribution in [-0.4, -0.2) is 32.7 Å². The zero-order valence-corrected chi connectivity index (χ0v) is 16.1. The Balaban J connectivity index is 0.00000338. The second-order valence-corrected chi connectivity index (χ2v) is 8.20. The minimum Gasteiger partial charge on any atom is -0.355 e. The molecule has 7 heteroatoms. The standard InChI is InChI=1S/C19H24N2O3S.ClH/c20-18(14-16-8-3-1-4-9-16)19(22)21-12-7-13-25(23,24)15-17-10-5-2-6-11-17;/h1-6,8-11,18H,7,12-15,20H2,(H,21,22);1H. The lowest BCUT2D eigenvalue weighted by Gasteiger charge is -2.12. The number of nitrogens with one attached hydrogen (secondary N) is 1. The molecule has 0 fully saturated rings. The van der Waals surface area contributed by atoms with Crippen molar-refractivity contribution < 1.29 is 13.2 Å². The molecule has 0 aliphatic rings. The van der Waals surface area contributed by atoms with E-state index in [1.165, 1.54) is 0 Å². The molecule has 2 rings (SSSR count). The minimum atomic E-state index is -3.18. The van der Waals surface area contributed by atoms with Crippen LogP contribution in [0.15, 0.2) is 60.7 Å². The molecule has 1 amide bonds. The van der Waals surface area contributed by atoms with E-state index in [0.717, 1.165) is 11.1 Å². The van der Waals surface area contributed by atoms with Gasteiger partial charge in [-0.15, -0.1) is 12.4 Å². The van der Waals surface area contributed by atoms with Crippen molar-refractivity contribution in [2.24, 2.45) is 5.73 Å². The Hall–Kier alpha value is -1.89. The number of nitrogens with two attached hydrogens (primary N) is 1. The lowest BCUT2D eigenvalue weighted by molar-refractivity contribution is -0.122. The molecular weight excluding hydrogens is 372 g/mol. The fraction of sp³-hybridized carbons (Fsp3) is 0.316. The lowest BCUT2D eigenvalue weighted by Crippen LogP contribution is -2.42. The van der Waals surface area contributed by atoms with E-state index in [9.17, 15) is 13.2 Å². The first kappa shape index (κ1) is 22.2. The maximum absolute atomic E-state index is 12.1. The summed E-state index contributed by atoms with van der Waals surface area (Å²) in [7, 11) is -3.18. The van der Waals surface area contributed by atoms with Gasteiger partial charge in [0.2, 0.25) is 5.91 Å². The van der Waals surface area contributed by atoms with E-state index < -0.39 is 15.9 Å². The summed E-state index contributed by atoms with van der Waals surface area (Å²) in [5.74, 6) is -0.199. The molecule has 2 aromatic rings. The van der Waals surface area contributed by atoms with Crippen molar-refractivity contribution in [3.05, 3.63) is 71.8 Å². The molecular formula is C19H25ClN2O3S. The summed E-state index contributed by atoms with van der Waals surface area (Å²) in [4.78, 5) is 12.0. The van der Waals surface area contributed by atoms with Crippen molar-refractivity contribution >= 4 is 28.2 Å². The lowest BCUT2D eigenvalue weighted by atomic mass is 10.1. The number of carbonyl (C=O) groups is 1. The highest BCUT2D eigenvalue weighted by Gasteiger charge is 2.15. The molecule has 0 aromatic heterocycles. The van der Waals surface area contributed by atoms with Crippen LogP contribution in [0.1, 0.15) is 17.5 Å². The fourth-order valence-electron chi connectivity index (χ4n) is 2.50. The summed E-state index contributed by atoms with van der Waals surface area (Å²) in [6, 6.07) is 18.0. The van der Waals surface area contributed by atoms with Crippen LogP contribution in [0.3, 0.4) is 0 Å². The fourth-order valence-corrected chi connectivity index (χ4v) is 3.92. The normalized spacial score (nSPS) is 12.0. The second-order valence-electron chi connectivity index (χ2n) is 6.02. The van der Waals surface area contributed by atoms with Gasteiger partial charge >= 0.3 is 0 Å². The van der Waals surface area contributed by atoms with Crippen molar-refractivity contribution in [1.29, 1.82) is 0 Å². The zero-order chi connectivity index (χ0) is 18.1. The second kappa shape index (κ2) is 11.0. The summed E-state index contributed by atoms with van der Waals surface area (Å²) in [6.45, 7) is 0.301. The highest BCUT2D eigenvalue weighted by atomic mass is 35.5. The first-order chi connectivity index (χ1) is 12.0. The van der Waals surface area contributed by atoms with Gasteiger partial charge in [-0.25, -0.2) is 8.42 Å². The van der Waals surface area contributed by atoms with Crippen LogP contribution in [0.25, 0.3) is 0 Å². The number of amides is 1. The van der Waals surface area contributed by atoms with E-state index in [2.05, 4.69) is 5.32 Å². The van der Waals surface area contributed by atoms with Gasteiger partial charge in [0.1, 0.15) is 0 Å². The topological polar surface area (TPSA) is 89.3 Å². The molecule has 0 spiro atoms. The van der Waals surface area contributed by atoms with Crippen LogP contribution in [0, 0.1) is 0 Å². The third-order valence-corrected chi connectivity index (χ3v) is 5.48. The van der Waals surface area contributed by atoms with E-state index in [-0.39, 0.29) is 29.8 Å². The number of sulfone groups is 1. The van der Waals surface area contributed by atoms with Crippen LogP contribution in [0.4, 0.5) is 0 Å². The van der Waals surface area contributed by atoms with Crippen molar-refractivity contribution in [3.8, 4) is 0 Å². The average Bonchev–Trinajstić information content (AvgIpc) is 2.60. The van der Waals surface area contributed by atoms with Gasteiger partial charge in [0.05, 0.1) is 17.5 Å². The van der Waals surface area contributed by atoms with Crippen LogP contribution >= 0.6 is 12.4 Å². The molecule has 0 saturated heterocycles. The molecule has 0 bridgehead atoms. The maximum Gasteiger partial charge on any atom is 0.237 e. The predicted octanol–water partition coefficient (Wildman–Crippen LogP) is 2.10. The first-order valence-electron chi connectivity index (χ1n) is 8.28. The number of benzene rings is 2. The van der Waals surface area contributed by atoms with Crippen LogP contribution in [0.5, 0.6) is 0 Å². The summed E-state index contributed by atoms with van der Waals surface area (Å²) in [6.07, 6.45) is 0.831. The molecule has 0 radical (unpaired) electrons. The summed E-state index contributed by atoms with van der Waals surface area (Å²) < 4.78 is 24.2. The van der Waals surface area contributed by atoms with E-state index in [0.29, 0.717) is 19.4 Å². The molecule has 0 aliphatic heterocycles. The van der Waals surface area contributed by atoms with Gasteiger partial charge in [0.15, 0.2) is 9.84 Å². The number of carbonyl (C=O) groups excluding carboxylic acids is 1. The van der Waals surface area contributed by atoms with E-state index in [1.54, 1.807) is 12.1 Å². The zero-order valence-electron chi connectivity index (χ0n) is 14.5. The molecule has 3 N–H and O–H groups in total. The quantitative estimate of drug-likeness (QED) is 0.635. The SMILES string of the molecule is Cl.NC(Cc1ccccc1)C(=O)NCCCS(=O)(=O)Cc1ccccc1. The molecule has 0 aliphatic carbocycles. The highest BCUT2D eigenvalue weighted by molar-refractivity contribution is 7.90. The largest absolute Gasteiger partial charge is 0.355 e. The Kier molecular flexibility index (Phi) is 9.34. The summed E-state index contributed by atoms with van der Waals surface area (Å²) >= 11 is 0. The number of halogens is 1. The van der Waals surface area contributed by atoms with Crippen molar-refractivity contribution in [3.63, 3.8) is 0 Å². The van der Waals surface area contributed by atoms with Crippen LogP contribution in [0.2, 0.25) is 0 Å². The molecule has 1 atom stereocenters. The monoisotopic (exact) mass is 396 g/mol. The van der Waals surface area contributed by atoms with Gasteiger partial charge in [0.25, 0.3) is 0 Å². The number of hydrogen-bond donors (Lipinski definition) is 2. The summed E-state index contributed by atoms with van der Waals surface area (Å²) in [5.41, 5.74) is 7.66. The van der Waals surface area contributed by atoms with Gasteiger partial charge in [-0.3, -0.25) is 4.79 Å². The third-order valence-electron chi connectivity index (χ3n) is 3.80. The Labute approximate surface area is 161 Å². The molecule has 1 unspecified atom stereocenters. The van der Waals surface area contributed by atoms with E-state index in [1.807, 2.05) is 48.5 Å². The Morgan fingerprint density at radius 2 is 1.50 bits per heavy atom. The van der Waals surface area contributed by atoms with E-state index in [4.69, 9.17) is 5.73 Å². The first-order valence-corrected chi connectivity index (χ1v) is 10.1. The van der Waals surface area contributed by atoms with E-state index >= 15 is 0 Å². The molecule has 142 valence electrons. The molecule has 2 aromatic carbocycles. The average molecular weight is 397 g/mol. The third kappa shape index (κ3) is 7.99. The van der Waals surface area contributed by atoms with Crippen LogP contribution < -0.4 is 11.1 Å². The van der Waals surface area contributed by atoms with Crippen molar-refractivity contribution in [1.82, 2.24) is 5.32 Å². The smallest absolute Gasteiger partial charge is 0.237 e. The van der Waals surface area contributed by atoms with Crippen molar-refractivity contribution in [2.45, 2.75) is 24.6 Å².